The Labute approximate surface area is 149 Å². The van der Waals surface area contributed by atoms with Crippen LogP contribution in [0.25, 0.3) is 0 Å². The minimum atomic E-state index is -2.06. The standard InChI is InChI=1S/C16H11N3O6S/c20-13(15(21)17-9-5-1-3-7-11(9)19(23)24)14-16(22)18-10-6-2-4-8-12(10)26(14)25/h1-8,14H,(H,17,21)(H,18,22)/t14-,26+/m1/s1. The second-order valence-electron chi connectivity index (χ2n) is 5.26. The molecule has 2 N–H and O–H groups in total. The van der Waals surface area contributed by atoms with E-state index < -0.39 is 44.3 Å². The number of nitrogens with zero attached hydrogens (tertiary/aromatic N) is 1. The lowest BCUT2D eigenvalue weighted by Crippen LogP contribution is -2.46. The Balaban J connectivity index is 1.86. The zero-order valence-corrected chi connectivity index (χ0v) is 13.8. The second kappa shape index (κ2) is 6.84. The van der Waals surface area contributed by atoms with Gasteiger partial charge in [0, 0.05) is 6.07 Å². The number of amides is 2. The fraction of sp³-hybridized carbons (Fsp3) is 0.0625. The van der Waals surface area contributed by atoms with Gasteiger partial charge in [0.15, 0.2) is 5.25 Å². The molecule has 0 bridgehead atoms. The topological polar surface area (TPSA) is 135 Å². The first-order valence-corrected chi connectivity index (χ1v) is 8.50. The number of fused-ring (bicyclic) bond motifs is 1. The molecule has 3 rings (SSSR count). The molecule has 0 radical (unpaired) electrons. The van der Waals surface area contributed by atoms with Gasteiger partial charge in [-0.1, -0.05) is 24.3 Å². The highest BCUT2D eigenvalue weighted by Crippen LogP contribution is 2.28. The van der Waals surface area contributed by atoms with Crippen molar-refractivity contribution in [2.75, 3.05) is 10.6 Å². The molecule has 2 aromatic rings. The number of carbonyl (C=O) groups is 3. The Hall–Kier alpha value is -3.40. The monoisotopic (exact) mass is 373 g/mol. The van der Waals surface area contributed by atoms with E-state index in [9.17, 15) is 28.7 Å². The van der Waals surface area contributed by atoms with Gasteiger partial charge in [0.1, 0.15) is 5.69 Å². The van der Waals surface area contributed by atoms with Gasteiger partial charge in [0.25, 0.3) is 11.6 Å². The maximum atomic E-state index is 12.5. The number of Topliss-reactive ketones (excluding diaryl/α,β-unsaturated/α-hetero) is 1. The summed E-state index contributed by atoms with van der Waals surface area (Å²) in [5, 5.41) is 13.8. The molecule has 10 heteroatoms. The highest BCUT2D eigenvalue weighted by molar-refractivity contribution is 7.87. The minimum Gasteiger partial charge on any atom is -0.324 e. The van der Waals surface area contributed by atoms with E-state index in [1.54, 1.807) is 12.1 Å². The SMILES string of the molecule is O=C(Nc1ccccc1[N+](=O)[O-])C(=O)[C@@H]1C(=O)Nc2ccccc2[S@@]1=O. The molecule has 0 spiro atoms. The van der Waals surface area contributed by atoms with Crippen LogP contribution in [0.3, 0.4) is 0 Å². The third-order valence-electron chi connectivity index (χ3n) is 3.62. The van der Waals surface area contributed by atoms with Gasteiger partial charge >= 0.3 is 0 Å². The summed E-state index contributed by atoms with van der Waals surface area (Å²) in [4.78, 5) is 47.2. The predicted molar refractivity (Wildman–Crippen MR) is 92.0 cm³/mol. The van der Waals surface area contributed by atoms with Crippen LogP contribution in [0.15, 0.2) is 53.4 Å². The van der Waals surface area contributed by atoms with Gasteiger partial charge < -0.3 is 10.6 Å². The first-order valence-electron chi connectivity index (χ1n) is 7.29. The Morgan fingerprint density at radius 3 is 2.50 bits per heavy atom. The molecule has 0 saturated carbocycles. The minimum absolute atomic E-state index is 0.196. The van der Waals surface area contributed by atoms with Crippen LogP contribution in [-0.4, -0.2) is 32.0 Å². The summed E-state index contributed by atoms with van der Waals surface area (Å²) in [7, 11) is -2.06. The lowest BCUT2D eigenvalue weighted by molar-refractivity contribution is -0.383. The van der Waals surface area contributed by atoms with E-state index in [2.05, 4.69) is 10.6 Å². The van der Waals surface area contributed by atoms with Crippen LogP contribution < -0.4 is 10.6 Å². The number of nitro groups is 1. The van der Waals surface area contributed by atoms with E-state index in [0.29, 0.717) is 5.69 Å². The summed E-state index contributed by atoms with van der Waals surface area (Å²) >= 11 is 0. The zero-order valence-electron chi connectivity index (χ0n) is 13.0. The maximum Gasteiger partial charge on any atom is 0.293 e. The molecule has 0 aromatic heterocycles. The third kappa shape index (κ3) is 3.09. The summed E-state index contributed by atoms with van der Waals surface area (Å²) in [5.41, 5.74) is -0.301. The molecule has 1 heterocycles. The predicted octanol–water partition coefficient (Wildman–Crippen LogP) is 1.23. The smallest absolute Gasteiger partial charge is 0.293 e. The summed E-state index contributed by atoms with van der Waals surface area (Å²) in [6.45, 7) is 0. The highest BCUT2D eigenvalue weighted by Gasteiger charge is 2.41. The average Bonchev–Trinajstić information content (AvgIpc) is 2.61. The van der Waals surface area contributed by atoms with Gasteiger partial charge in [-0.3, -0.25) is 28.7 Å². The molecule has 0 aliphatic carbocycles. The Morgan fingerprint density at radius 1 is 1.12 bits per heavy atom. The van der Waals surface area contributed by atoms with Crippen LogP contribution in [0.1, 0.15) is 0 Å². The summed E-state index contributed by atoms with van der Waals surface area (Å²) in [6.07, 6.45) is 0. The van der Waals surface area contributed by atoms with Crippen molar-refractivity contribution in [3.05, 3.63) is 58.6 Å². The van der Waals surface area contributed by atoms with Crippen molar-refractivity contribution in [3.63, 3.8) is 0 Å². The number of nitro benzene ring substituents is 1. The number of nitrogens with one attached hydrogen (secondary N) is 2. The van der Waals surface area contributed by atoms with Crippen LogP contribution >= 0.6 is 0 Å². The lowest BCUT2D eigenvalue weighted by Gasteiger charge is -2.22. The van der Waals surface area contributed by atoms with Crippen molar-refractivity contribution in [1.82, 2.24) is 0 Å². The molecular weight excluding hydrogens is 362 g/mol. The van der Waals surface area contributed by atoms with E-state index in [1.807, 2.05) is 0 Å². The van der Waals surface area contributed by atoms with Crippen molar-refractivity contribution >= 4 is 45.5 Å². The van der Waals surface area contributed by atoms with Gasteiger partial charge in [-0.25, -0.2) is 0 Å². The number of rotatable bonds is 4. The van der Waals surface area contributed by atoms with E-state index in [1.165, 1.54) is 30.3 Å². The molecule has 1 aliphatic heterocycles. The average molecular weight is 373 g/mol. The van der Waals surface area contributed by atoms with Crippen LogP contribution in [0.5, 0.6) is 0 Å². The van der Waals surface area contributed by atoms with Gasteiger partial charge in [-0.15, -0.1) is 0 Å². The van der Waals surface area contributed by atoms with Gasteiger partial charge in [0.2, 0.25) is 11.7 Å². The normalized spacial score (nSPS) is 18.4. The molecule has 0 unspecified atom stereocenters. The van der Waals surface area contributed by atoms with E-state index in [0.717, 1.165) is 6.07 Å². The maximum absolute atomic E-state index is 12.5. The van der Waals surface area contributed by atoms with Crippen LogP contribution in [0.2, 0.25) is 0 Å². The molecule has 26 heavy (non-hydrogen) atoms. The van der Waals surface area contributed by atoms with E-state index in [-0.39, 0.29) is 10.6 Å². The summed E-state index contributed by atoms with van der Waals surface area (Å²) < 4.78 is 12.5. The lowest BCUT2D eigenvalue weighted by atomic mass is 10.2. The number of hydrogen-bond donors (Lipinski definition) is 2. The van der Waals surface area contributed by atoms with Crippen molar-refractivity contribution in [2.24, 2.45) is 0 Å². The Bertz CT molecular complexity index is 974. The van der Waals surface area contributed by atoms with E-state index >= 15 is 0 Å². The Kier molecular flexibility index (Phi) is 4.59. The molecule has 9 nitrogen and oxygen atoms in total. The van der Waals surface area contributed by atoms with Crippen molar-refractivity contribution < 1.29 is 23.5 Å². The number of benzene rings is 2. The van der Waals surface area contributed by atoms with Gasteiger partial charge in [-0.05, 0) is 18.2 Å². The zero-order chi connectivity index (χ0) is 18.8. The summed E-state index contributed by atoms with van der Waals surface area (Å²) in [5.74, 6) is -3.37. The van der Waals surface area contributed by atoms with Crippen LogP contribution in [0.4, 0.5) is 17.1 Å². The van der Waals surface area contributed by atoms with Crippen molar-refractivity contribution in [1.29, 1.82) is 0 Å². The molecule has 2 amide bonds. The number of carbonyl (C=O) groups excluding carboxylic acids is 3. The first-order chi connectivity index (χ1) is 12.4. The largest absolute Gasteiger partial charge is 0.324 e. The van der Waals surface area contributed by atoms with Gasteiger partial charge in [0.05, 0.1) is 26.3 Å². The second-order valence-corrected chi connectivity index (χ2v) is 6.76. The quantitative estimate of drug-likeness (QED) is 0.358. The van der Waals surface area contributed by atoms with Crippen molar-refractivity contribution in [2.45, 2.75) is 10.1 Å². The molecule has 0 saturated heterocycles. The third-order valence-corrected chi connectivity index (χ3v) is 5.27. The number of anilines is 2. The number of ketones is 1. The number of para-hydroxylation sites is 3. The number of hydrogen-bond acceptors (Lipinski definition) is 6. The first kappa shape index (κ1) is 17.4. The molecule has 2 atom stereocenters. The van der Waals surface area contributed by atoms with Crippen molar-refractivity contribution in [3.8, 4) is 0 Å². The molecule has 132 valence electrons. The van der Waals surface area contributed by atoms with E-state index in [4.69, 9.17) is 0 Å². The van der Waals surface area contributed by atoms with Crippen LogP contribution in [0, 0.1) is 10.1 Å². The molecular formula is C16H11N3O6S. The molecule has 1 aliphatic rings. The fourth-order valence-electron chi connectivity index (χ4n) is 2.43. The van der Waals surface area contributed by atoms with Crippen LogP contribution in [-0.2, 0) is 25.2 Å². The molecule has 0 fully saturated rings. The summed E-state index contributed by atoms with van der Waals surface area (Å²) in [6, 6.07) is 11.5. The molecule has 2 aromatic carbocycles. The Morgan fingerprint density at radius 2 is 1.77 bits per heavy atom. The van der Waals surface area contributed by atoms with Gasteiger partial charge in [-0.2, -0.15) is 0 Å². The fourth-order valence-corrected chi connectivity index (χ4v) is 3.78. The highest BCUT2D eigenvalue weighted by atomic mass is 32.2.